The predicted molar refractivity (Wildman–Crippen MR) is 73.5 cm³/mol. The second-order valence-electron chi connectivity index (χ2n) is 4.47. The molecule has 0 aromatic carbocycles. The van der Waals surface area contributed by atoms with E-state index >= 15 is 0 Å². The summed E-state index contributed by atoms with van der Waals surface area (Å²) in [4.78, 5) is 9.00. The number of ether oxygens (including phenoxy) is 1. The quantitative estimate of drug-likeness (QED) is 0.798. The van der Waals surface area contributed by atoms with Gasteiger partial charge in [0.05, 0.1) is 0 Å². The van der Waals surface area contributed by atoms with Crippen LogP contribution in [-0.4, -0.2) is 28.4 Å². The molecular weight excluding hydrogens is 300 g/mol. The highest BCUT2D eigenvalue weighted by Crippen LogP contribution is 2.30. The molecule has 0 saturated carbocycles. The SMILES string of the molecule is CC(C)c1nc(Br)cc(SC2CCOCC2)n1. The Morgan fingerprint density at radius 2 is 2.06 bits per heavy atom. The minimum absolute atomic E-state index is 0.363. The number of nitrogens with zero attached hydrogens (tertiary/aromatic N) is 2. The Labute approximate surface area is 115 Å². The van der Waals surface area contributed by atoms with E-state index in [1.807, 2.05) is 17.8 Å². The van der Waals surface area contributed by atoms with Crippen molar-refractivity contribution < 1.29 is 4.74 Å². The van der Waals surface area contributed by atoms with Gasteiger partial charge in [0.15, 0.2) is 0 Å². The topological polar surface area (TPSA) is 35.0 Å². The lowest BCUT2D eigenvalue weighted by molar-refractivity contribution is 0.1000. The van der Waals surface area contributed by atoms with Crippen LogP contribution in [-0.2, 0) is 4.74 Å². The third-order valence-electron chi connectivity index (χ3n) is 2.66. The molecule has 1 aliphatic heterocycles. The summed E-state index contributed by atoms with van der Waals surface area (Å²) in [6, 6.07) is 2.01. The smallest absolute Gasteiger partial charge is 0.133 e. The summed E-state index contributed by atoms with van der Waals surface area (Å²) in [7, 11) is 0. The van der Waals surface area contributed by atoms with E-state index in [-0.39, 0.29) is 0 Å². The lowest BCUT2D eigenvalue weighted by Gasteiger charge is -2.21. The maximum Gasteiger partial charge on any atom is 0.133 e. The highest BCUT2D eigenvalue weighted by molar-refractivity contribution is 9.10. The number of rotatable bonds is 3. The van der Waals surface area contributed by atoms with Gasteiger partial charge in [-0.15, -0.1) is 11.8 Å². The summed E-state index contributed by atoms with van der Waals surface area (Å²) in [5, 5.41) is 1.70. The molecular formula is C12H17BrN2OS. The van der Waals surface area contributed by atoms with Crippen LogP contribution in [0.3, 0.4) is 0 Å². The zero-order valence-corrected chi connectivity index (χ0v) is 12.6. The van der Waals surface area contributed by atoms with Crippen molar-refractivity contribution in [3.8, 4) is 0 Å². The van der Waals surface area contributed by atoms with Gasteiger partial charge in [-0.2, -0.15) is 0 Å². The summed E-state index contributed by atoms with van der Waals surface area (Å²) < 4.78 is 6.25. The Bertz CT molecular complexity index is 381. The van der Waals surface area contributed by atoms with Gasteiger partial charge in [-0.25, -0.2) is 9.97 Å². The Hall–Kier alpha value is -0.130. The molecule has 0 radical (unpaired) electrons. The zero-order chi connectivity index (χ0) is 12.3. The molecule has 0 unspecified atom stereocenters. The molecule has 2 rings (SSSR count). The van der Waals surface area contributed by atoms with Gasteiger partial charge in [-0.3, -0.25) is 0 Å². The van der Waals surface area contributed by atoms with Crippen LogP contribution in [0.4, 0.5) is 0 Å². The van der Waals surface area contributed by atoms with E-state index in [1.54, 1.807) is 0 Å². The van der Waals surface area contributed by atoms with Gasteiger partial charge < -0.3 is 4.74 Å². The standard InChI is InChI=1S/C12H17BrN2OS/c1-8(2)12-14-10(13)7-11(15-12)17-9-3-5-16-6-4-9/h7-9H,3-6H2,1-2H3. The van der Waals surface area contributed by atoms with Gasteiger partial charge in [-0.1, -0.05) is 13.8 Å². The molecule has 17 heavy (non-hydrogen) atoms. The van der Waals surface area contributed by atoms with Gasteiger partial charge in [0.2, 0.25) is 0 Å². The van der Waals surface area contributed by atoms with Crippen molar-refractivity contribution in [3.63, 3.8) is 0 Å². The van der Waals surface area contributed by atoms with Gasteiger partial charge in [0.25, 0.3) is 0 Å². The highest BCUT2D eigenvalue weighted by Gasteiger charge is 2.17. The largest absolute Gasteiger partial charge is 0.381 e. The van der Waals surface area contributed by atoms with Crippen LogP contribution in [0.25, 0.3) is 0 Å². The first-order chi connectivity index (χ1) is 8.15. The average molecular weight is 317 g/mol. The number of halogens is 1. The molecule has 0 bridgehead atoms. The normalized spacial score (nSPS) is 17.6. The molecule has 1 aromatic heterocycles. The average Bonchev–Trinajstić information content (AvgIpc) is 2.29. The number of hydrogen-bond donors (Lipinski definition) is 0. The maximum atomic E-state index is 5.37. The van der Waals surface area contributed by atoms with Gasteiger partial charge >= 0.3 is 0 Å². The lowest BCUT2D eigenvalue weighted by Crippen LogP contribution is -2.17. The zero-order valence-electron chi connectivity index (χ0n) is 10.1. The molecule has 2 heterocycles. The molecule has 5 heteroatoms. The van der Waals surface area contributed by atoms with Gasteiger partial charge in [0, 0.05) is 30.4 Å². The molecule has 0 spiro atoms. The van der Waals surface area contributed by atoms with E-state index in [4.69, 9.17) is 4.74 Å². The molecule has 0 aliphatic carbocycles. The molecule has 94 valence electrons. The number of aromatic nitrogens is 2. The summed E-state index contributed by atoms with van der Waals surface area (Å²) in [5.74, 6) is 1.27. The van der Waals surface area contributed by atoms with E-state index in [1.165, 1.54) is 0 Å². The number of thioether (sulfide) groups is 1. The Morgan fingerprint density at radius 3 is 2.71 bits per heavy atom. The first-order valence-electron chi connectivity index (χ1n) is 5.94. The molecule has 0 atom stereocenters. The third-order valence-corrected chi connectivity index (χ3v) is 4.32. The van der Waals surface area contributed by atoms with Crippen LogP contribution in [0.2, 0.25) is 0 Å². The first kappa shape index (κ1) is 13.3. The Morgan fingerprint density at radius 1 is 1.35 bits per heavy atom. The second-order valence-corrected chi connectivity index (χ2v) is 6.60. The van der Waals surface area contributed by atoms with Crippen molar-refractivity contribution in [1.29, 1.82) is 0 Å². The van der Waals surface area contributed by atoms with E-state index in [0.717, 1.165) is 41.5 Å². The van der Waals surface area contributed by atoms with Gasteiger partial charge in [0.1, 0.15) is 15.5 Å². The third kappa shape index (κ3) is 3.93. The van der Waals surface area contributed by atoms with E-state index in [0.29, 0.717) is 11.2 Å². The van der Waals surface area contributed by atoms with Crippen molar-refractivity contribution in [3.05, 3.63) is 16.5 Å². The fourth-order valence-corrected chi connectivity index (χ4v) is 3.34. The summed E-state index contributed by atoms with van der Waals surface area (Å²) in [5.41, 5.74) is 0. The summed E-state index contributed by atoms with van der Waals surface area (Å²) in [6.07, 6.45) is 2.23. The minimum atomic E-state index is 0.363. The van der Waals surface area contributed by atoms with Crippen LogP contribution in [0, 0.1) is 0 Å². The van der Waals surface area contributed by atoms with E-state index in [9.17, 15) is 0 Å². The minimum Gasteiger partial charge on any atom is -0.381 e. The molecule has 1 aliphatic rings. The Kier molecular flexibility index (Phi) is 4.82. The second kappa shape index (κ2) is 6.16. The monoisotopic (exact) mass is 316 g/mol. The van der Waals surface area contributed by atoms with E-state index in [2.05, 4.69) is 39.7 Å². The van der Waals surface area contributed by atoms with Crippen LogP contribution < -0.4 is 0 Å². The van der Waals surface area contributed by atoms with E-state index < -0.39 is 0 Å². The summed E-state index contributed by atoms with van der Waals surface area (Å²) >= 11 is 5.31. The summed E-state index contributed by atoms with van der Waals surface area (Å²) in [6.45, 7) is 5.98. The van der Waals surface area contributed by atoms with Crippen molar-refractivity contribution in [2.24, 2.45) is 0 Å². The van der Waals surface area contributed by atoms with Crippen LogP contribution in [0.15, 0.2) is 15.7 Å². The van der Waals surface area contributed by atoms with Crippen molar-refractivity contribution in [2.75, 3.05) is 13.2 Å². The predicted octanol–water partition coefficient (Wildman–Crippen LogP) is 3.63. The number of hydrogen-bond acceptors (Lipinski definition) is 4. The molecule has 0 amide bonds. The first-order valence-corrected chi connectivity index (χ1v) is 7.61. The fourth-order valence-electron chi connectivity index (χ4n) is 1.70. The van der Waals surface area contributed by atoms with Crippen LogP contribution in [0.1, 0.15) is 38.4 Å². The fraction of sp³-hybridized carbons (Fsp3) is 0.667. The molecule has 0 N–H and O–H groups in total. The van der Waals surface area contributed by atoms with Crippen LogP contribution in [0.5, 0.6) is 0 Å². The van der Waals surface area contributed by atoms with Crippen LogP contribution >= 0.6 is 27.7 Å². The maximum absolute atomic E-state index is 5.37. The van der Waals surface area contributed by atoms with Crippen molar-refractivity contribution in [1.82, 2.24) is 9.97 Å². The highest BCUT2D eigenvalue weighted by atomic mass is 79.9. The lowest BCUT2D eigenvalue weighted by atomic mass is 10.2. The molecule has 1 aromatic rings. The molecule has 1 saturated heterocycles. The van der Waals surface area contributed by atoms with Crippen molar-refractivity contribution >= 4 is 27.7 Å². The molecule has 3 nitrogen and oxygen atoms in total. The molecule has 1 fully saturated rings. The van der Waals surface area contributed by atoms with Gasteiger partial charge in [-0.05, 0) is 28.8 Å². The van der Waals surface area contributed by atoms with Crippen molar-refractivity contribution in [2.45, 2.75) is 42.9 Å². The Balaban J connectivity index is 2.09.